The Hall–Kier alpha value is -2.21. The van der Waals surface area contributed by atoms with Crippen molar-refractivity contribution in [1.29, 1.82) is 0 Å². The minimum Gasteiger partial charge on any atom is -0.368 e. The van der Waals surface area contributed by atoms with E-state index in [1.54, 1.807) is 24.9 Å². The van der Waals surface area contributed by atoms with Gasteiger partial charge in [-0.15, -0.1) is 0 Å². The van der Waals surface area contributed by atoms with Gasteiger partial charge in [0, 0.05) is 6.20 Å². The van der Waals surface area contributed by atoms with Crippen molar-refractivity contribution in [2.24, 2.45) is 0 Å². The summed E-state index contributed by atoms with van der Waals surface area (Å²) in [7, 11) is 0. The van der Waals surface area contributed by atoms with Crippen LogP contribution in [0.4, 0.5) is 5.82 Å². The van der Waals surface area contributed by atoms with Crippen molar-refractivity contribution in [2.45, 2.75) is 6.54 Å². The van der Waals surface area contributed by atoms with E-state index in [4.69, 9.17) is 17.3 Å². The molecule has 18 heavy (non-hydrogen) atoms. The van der Waals surface area contributed by atoms with Crippen LogP contribution in [0.15, 0.2) is 31.0 Å². The number of H-pyrrole nitrogens is 1. The van der Waals surface area contributed by atoms with Crippen LogP contribution < -0.4 is 10.3 Å². The van der Waals surface area contributed by atoms with Gasteiger partial charge in [0.25, 0.3) is 5.65 Å². The maximum Gasteiger partial charge on any atom is 0.293 e. The molecule has 0 aliphatic carbocycles. The van der Waals surface area contributed by atoms with E-state index in [1.165, 1.54) is 0 Å². The van der Waals surface area contributed by atoms with Crippen molar-refractivity contribution in [3.05, 3.63) is 41.7 Å². The van der Waals surface area contributed by atoms with E-state index in [9.17, 15) is 0 Å². The zero-order chi connectivity index (χ0) is 12.5. The largest absolute Gasteiger partial charge is 0.368 e. The standard InChI is InChI=1S/C11H9ClN6/c12-7-1-2-8(14-3-7)4-18-6-17-10(13)9-11(18)16-5-15-9/h1-3,5-6H,4H2,(H2,13,15,16)/p+1. The lowest BCUT2D eigenvalue weighted by atomic mass is 10.3. The van der Waals surface area contributed by atoms with Crippen molar-refractivity contribution in [3.63, 3.8) is 0 Å². The molecule has 0 fully saturated rings. The Bertz CT molecular complexity index is 690. The number of aromatic nitrogens is 5. The lowest BCUT2D eigenvalue weighted by molar-refractivity contribution is -0.667. The molecule has 0 aromatic carbocycles. The summed E-state index contributed by atoms with van der Waals surface area (Å²) in [5, 5.41) is 0.615. The van der Waals surface area contributed by atoms with Crippen molar-refractivity contribution >= 4 is 28.6 Å². The first-order valence-corrected chi connectivity index (χ1v) is 5.69. The van der Waals surface area contributed by atoms with E-state index >= 15 is 0 Å². The van der Waals surface area contributed by atoms with Gasteiger partial charge >= 0.3 is 0 Å². The van der Waals surface area contributed by atoms with Crippen LogP contribution in [-0.4, -0.2) is 19.9 Å². The summed E-state index contributed by atoms with van der Waals surface area (Å²) < 4.78 is 1.87. The molecule has 0 atom stereocenters. The second-order valence-corrected chi connectivity index (χ2v) is 4.26. The fraction of sp³-hybridized carbons (Fsp3) is 0.0909. The summed E-state index contributed by atoms with van der Waals surface area (Å²) in [6, 6.07) is 3.67. The number of imidazole rings is 1. The fourth-order valence-electron chi connectivity index (χ4n) is 1.73. The number of nitrogen functional groups attached to an aromatic ring is 1. The van der Waals surface area contributed by atoms with Gasteiger partial charge in [-0.2, -0.15) is 0 Å². The molecule has 0 radical (unpaired) electrons. The molecule has 3 aromatic heterocycles. The zero-order valence-corrected chi connectivity index (χ0v) is 10.1. The number of nitrogens with two attached hydrogens (primary N) is 1. The minimum atomic E-state index is 0.433. The first-order valence-electron chi connectivity index (χ1n) is 5.31. The van der Waals surface area contributed by atoms with E-state index in [1.807, 2.05) is 10.6 Å². The molecule has 0 bridgehead atoms. The summed E-state index contributed by atoms with van der Waals surface area (Å²) >= 11 is 5.80. The highest BCUT2D eigenvalue weighted by molar-refractivity contribution is 6.30. The van der Waals surface area contributed by atoms with Crippen LogP contribution in [0.5, 0.6) is 0 Å². The van der Waals surface area contributed by atoms with Gasteiger partial charge in [-0.05, 0) is 12.1 Å². The number of rotatable bonds is 2. The van der Waals surface area contributed by atoms with E-state index in [0.717, 1.165) is 16.9 Å². The summed E-state index contributed by atoms with van der Waals surface area (Å²) in [6.07, 6.45) is 4.85. The SMILES string of the molecule is Nc1nc[n+](Cc2ccc(Cl)cn2)c2nc[nH]c12. The van der Waals surface area contributed by atoms with Gasteiger partial charge in [0.1, 0.15) is 6.54 Å². The highest BCUT2D eigenvalue weighted by atomic mass is 35.5. The average Bonchev–Trinajstić information content (AvgIpc) is 2.86. The molecule has 3 rings (SSSR count). The van der Waals surface area contributed by atoms with Crippen LogP contribution >= 0.6 is 11.6 Å². The van der Waals surface area contributed by atoms with Crippen LogP contribution in [0.25, 0.3) is 11.2 Å². The molecule has 7 heteroatoms. The number of hydrogen-bond acceptors (Lipinski definition) is 4. The van der Waals surface area contributed by atoms with E-state index in [-0.39, 0.29) is 0 Å². The molecular formula is C11H10ClN6+. The van der Waals surface area contributed by atoms with Crippen LogP contribution in [-0.2, 0) is 6.54 Å². The summed E-state index contributed by atoms with van der Waals surface area (Å²) in [6.45, 7) is 0.561. The molecule has 6 nitrogen and oxygen atoms in total. The topological polar surface area (TPSA) is 84.4 Å². The van der Waals surface area contributed by atoms with Crippen LogP contribution in [0, 0.1) is 0 Å². The van der Waals surface area contributed by atoms with E-state index in [2.05, 4.69) is 19.9 Å². The molecule has 0 saturated heterocycles. The summed E-state index contributed by atoms with van der Waals surface area (Å²) in [4.78, 5) is 15.5. The summed E-state index contributed by atoms with van der Waals surface area (Å²) in [5.41, 5.74) is 8.11. The molecular weight excluding hydrogens is 252 g/mol. The van der Waals surface area contributed by atoms with E-state index in [0.29, 0.717) is 17.4 Å². The predicted octanol–water partition coefficient (Wildman–Crippen LogP) is 0.924. The van der Waals surface area contributed by atoms with Gasteiger partial charge in [0.15, 0.2) is 11.8 Å². The molecule has 3 aromatic rings. The molecule has 0 amide bonds. The Kier molecular flexibility index (Phi) is 2.56. The van der Waals surface area contributed by atoms with Gasteiger partial charge in [-0.3, -0.25) is 4.98 Å². The molecule has 0 aliphatic heterocycles. The zero-order valence-electron chi connectivity index (χ0n) is 9.34. The lowest BCUT2D eigenvalue weighted by Crippen LogP contribution is -2.36. The number of hydrogen-bond donors (Lipinski definition) is 2. The fourth-order valence-corrected chi connectivity index (χ4v) is 1.85. The van der Waals surface area contributed by atoms with Crippen molar-refractivity contribution < 1.29 is 4.57 Å². The van der Waals surface area contributed by atoms with Gasteiger partial charge < -0.3 is 10.7 Å². The molecule has 0 unspecified atom stereocenters. The van der Waals surface area contributed by atoms with Gasteiger partial charge in [0.2, 0.25) is 12.1 Å². The van der Waals surface area contributed by atoms with Gasteiger partial charge in [0.05, 0.1) is 10.7 Å². The molecule has 3 N–H and O–H groups in total. The smallest absolute Gasteiger partial charge is 0.293 e. The molecule has 3 heterocycles. The third-order valence-corrected chi connectivity index (χ3v) is 2.83. The van der Waals surface area contributed by atoms with Gasteiger partial charge in [-0.25, -0.2) is 4.57 Å². The highest BCUT2D eigenvalue weighted by Crippen LogP contribution is 2.10. The molecule has 90 valence electrons. The van der Waals surface area contributed by atoms with Crippen LogP contribution in [0.2, 0.25) is 5.02 Å². The monoisotopic (exact) mass is 261 g/mol. The van der Waals surface area contributed by atoms with Gasteiger partial charge in [-0.1, -0.05) is 21.6 Å². The third kappa shape index (κ3) is 1.86. The number of pyridine rings is 1. The number of aromatic amines is 1. The maximum atomic E-state index is 5.80. The first-order chi connectivity index (χ1) is 8.74. The number of anilines is 1. The number of nitrogens with zero attached hydrogens (tertiary/aromatic N) is 4. The highest BCUT2D eigenvalue weighted by Gasteiger charge is 2.14. The lowest BCUT2D eigenvalue weighted by Gasteiger charge is -2.01. The Labute approximate surface area is 107 Å². The number of nitrogens with one attached hydrogen (secondary N) is 1. The molecule has 0 spiro atoms. The Balaban J connectivity index is 2.02. The van der Waals surface area contributed by atoms with Crippen molar-refractivity contribution in [1.82, 2.24) is 19.9 Å². The number of halogens is 1. The first kappa shape index (κ1) is 10.9. The van der Waals surface area contributed by atoms with Crippen LogP contribution in [0.1, 0.15) is 5.69 Å². The van der Waals surface area contributed by atoms with Crippen molar-refractivity contribution in [2.75, 3.05) is 5.73 Å². The minimum absolute atomic E-state index is 0.433. The second kappa shape index (κ2) is 4.23. The summed E-state index contributed by atoms with van der Waals surface area (Å²) in [5.74, 6) is 0.433. The second-order valence-electron chi connectivity index (χ2n) is 3.83. The van der Waals surface area contributed by atoms with E-state index < -0.39 is 0 Å². The average molecular weight is 262 g/mol. The predicted molar refractivity (Wildman–Crippen MR) is 66.8 cm³/mol. The quantitative estimate of drug-likeness (QED) is 0.672. The molecule has 0 saturated carbocycles. The van der Waals surface area contributed by atoms with Crippen LogP contribution in [0.3, 0.4) is 0 Å². The maximum absolute atomic E-state index is 5.80. The molecule has 0 aliphatic rings. The normalized spacial score (nSPS) is 10.9. The van der Waals surface area contributed by atoms with Crippen molar-refractivity contribution in [3.8, 4) is 0 Å². The third-order valence-electron chi connectivity index (χ3n) is 2.60. The number of fused-ring (bicyclic) bond motifs is 1. The Morgan fingerprint density at radius 3 is 2.94 bits per heavy atom. The Morgan fingerprint density at radius 2 is 2.17 bits per heavy atom. The Morgan fingerprint density at radius 1 is 1.28 bits per heavy atom.